The second-order valence-corrected chi connectivity index (χ2v) is 11.4. The lowest BCUT2D eigenvalue weighted by Gasteiger charge is -2.27. The lowest BCUT2D eigenvalue weighted by Crippen LogP contribution is -2.17. The van der Waals surface area contributed by atoms with Crippen LogP contribution in [0.15, 0.2) is 30.3 Å². The van der Waals surface area contributed by atoms with E-state index in [1.165, 1.54) is 57.0 Å². The molecule has 2 aromatic rings. The molecule has 0 saturated carbocycles. The molecule has 1 aromatic heterocycles. The largest absolute Gasteiger partial charge is 0.190 e. The molecule has 0 spiro atoms. The number of benzene rings is 1. The van der Waals surface area contributed by atoms with Gasteiger partial charge in [0, 0.05) is 12.8 Å². The molecule has 1 aromatic carbocycles. The van der Waals surface area contributed by atoms with Crippen LogP contribution in [0.3, 0.4) is 0 Å². The van der Waals surface area contributed by atoms with E-state index in [4.69, 9.17) is 0 Å². The van der Waals surface area contributed by atoms with Crippen molar-refractivity contribution < 1.29 is 0 Å². The molecular formula is C20H34N4P+. The number of unbranched alkanes of at least 4 members (excludes halogenated alkanes) is 3. The van der Waals surface area contributed by atoms with Gasteiger partial charge in [0.05, 0.1) is 18.5 Å². The maximum absolute atomic E-state index is 4.38. The Bertz CT molecular complexity index is 575. The lowest BCUT2D eigenvalue weighted by atomic mass is 10.2. The normalized spacial score (nSPS) is 11.8. The van der Waals surface area contributed by atoms with Crippen molar-refractivity contribution in [2.24, 2.45) is 0 Å². The SMILES string of the molecule is CCCC[P+](CCCC)(CCCC)Cn1nnnc1-c1ccccc1. The standard InChI is InChI=1S/C20H34N4P/c1-4-7-15-25(16-8-5-2,17-9-6-3)18-24-20(21-22-23-24)19-13-11-10-12-14-19/h10-14H,4-9,15-18H2,1-3H3/q+1. The van der Waals surface area contributed by atoms with E-state index in [2.05, 4.69) is 65.2 Å². The van der Waals surface area contributed by atoms with Crippen molar-refractivity contribution >= 4 is 7.26 Å². The van der Waals surface area contributed by atoms with E-state index in [1.807, 2.05) is 6.07 Å². The molecular weight excluding hydrogens is 327 g/mol. The van der Waals surface area contributed by atoms with E-state index >= 15 is 0 Å². The Kier molecular flexibility index (Phi) is 8.54. The number of aromatic nitrogens is 4. The van der Waals surface area contributed by atoms with Crippen LogP contribution in [0.5, 0.6) is 0 Å². The maximum Gasteiger partial charge on any atom is 0.185 e. The minimum absolute atomic E-state index is 0.925. The first-order chi connectivity index (χ1) is 12.2. The first-order valence-corrected chi connectivity index (χ1v) is 12.4. The molecule has 0 saturated heterocycles. The van der Waals surface area contributed by atoms with E-state index in [9.17, 15) is 0 Å². The molecule has 0 aliphatic carbocycles. The van der Waals surface area contributed by atoms with Crippen molar-refractivity contribution in [1.29, 1.82) is 0 Å². The fourth-order valence-corrected chi connectivity index (χ4v) is 8.22. The van der Waals surface area contributed by atoms with Crippen LogP contribution < -0.4 is 0 Å². The Morgan fingerprint density at radius 2 is 1.40 bits per heavy atom. The van der Waals surface area contributed by atoms with E-state index in [0.29, 0.717) is 0 Å². The molecule has 0 amide bonds. The molecule has 0 radical (unpaired) electrons. The second-order valence-electron chi connectivity index (χ2n) is 7.08. The van der Waals surface area contributed by atoms with Crippen molar-refractivity contribution in [2.45, 2.75) is 65.6 Å². The number of rotatable bonds is 12. The Balaban J connectivity index is 2.27. The van der Waals surface area contributed by atoms with Gasteiger partial charge in [-0.05, 0) is 29.7 Å². The summed E-state index contributed by atoms with van der Waals surface area (Å²) in [5.74, 6) is 0.925. The van der Waals surface area contributed by atoms with Crippen LogP contribution in [0, 0.1) is 0 Å². The molecule has 0 bridgehead atoms. The third-order valence-corrected chi connectivity index (χ3v) is 9.62. The minimum atomic E-state index is -1.06. The topological polar surface area (TPSA) is 43.6 Å². The number of nitrogens with zero attached hydrogens (tertiary/aromatic N) is 4. The Hall–Kier alpha value is -1.28. The molecule has 4 nitrogen and oxygen atoms in total. The number of hydrogen-bond donors (Lipinski definition) is 0. The van der Waals surface area contributed by atoms with E-state index in [0.717, 1.165) is 17.7 Å². The van der Waals surface area contributed by atoms with Crippen molar-refractivity contribution in [3.8, 4) is 11.4 Å². The van der Waals surface area contributed by atoms with Crippen LogP contribution in [-0.2, 0) is 6.29 Å². The summed E-state index contributed by atoms with van der Waals surface area (Å²) in [7, 11) is -1.06. The average molecular weight is 361 g/mol. The van der Waals surface area contributed by atoms with Gasteiger partial charge in [-0.1, -0.05) is 70.4 Å². The molecule has 2 rings (SSSR count). The molecule has 1 heterocycles. The second kappa shape index (κ2) is 10.7. The molecule has 0 N–H and O–H groups in total. The highest BCUT2D eigenvalue weighted by molar-refractivity contribution is 7.74. The number of hydrogen-bond acceptors (Lipinski definition) is 3. The monoisotopic (exact) mass is 361 g/mol. The van der Waals surface area contributed by atoms with E-state index in [-0.39, 0.29) is 0 Å². The fourth-order valence-electron chi connectivity index (χ4n) is 3.41. The van der Waals surface area contributed by atoms with Crippen molar-refractivity contribution in [3.05, 3.63) is 30.3 Å². The first-order valence-electron chi connectivity index (χ1n) is 9.91. The zero-order valence-electron chi connectivity index (χ0n) is 16.2. The van der Waals surface area contributed by atoms with Crippen molar-refractivity contribution in [1.82, 2.24) is 20.2 Å². The van der Waals surface area contributed by atoms with Crippen LogP contribution in [0.2, 0.25) is 0 Å². The molecule has 0 aliphatic rings. The molecule has 5 heteroatoms. The Morgan fingerprint density at radius 3 is 1.92 bits per heavy atom. The summed E-state index contributed by atoms with van der Waals surface area (Å²) >= 11 is 0. The third-order valence-electron chi connectivity index (χ3n) is 4.96. The van der Waals surface area contributed by atoms with E-state index in [1.54, 1.807) is 0 Å². The highest BCUT2D eigenvalue weighted by Crippen LogP contribution is 2.62. The van der Waals surface area contributed by atoms with Crippen LogP contribution in [-0.4, -0.2) is 38.7 Å². The van der Waals surface area contributed by atoms with Gasteiger partial charge in [-0.15, -0.1) is 5.10 Å². The Labute approximate surface area is 153 Å². The molecule has 25 heavy (non-hydrogen) atoms. The molecule has 0 aliphatic heterocycles. The van der Waals surface area contributed by atoms with Crippen molar-refractivity contribution in [3.63, 3.8) is 0 Å². The Morgan fingerprint density at radius 1 is 0.840 bits per heavy atom. The van der Waals surface area contributed by atoms with Gasteiger partial charge in [0.25, 0.3) is 0 Å². The van der Waals surface area contributed by atoms with Crippen LogP contribution >= 0.6 is 7.26 Å². The summed E-state index contributed by atoms with van der Waals surface area (Å²) in [5, 5.41) is 12.7. The minimum Gasteiger partial charge on any atom is -0.190 e. The van der Waals surface area contributed by atoms with Gasteiger partial charge >= 0.3 is 0 Å². The summed E-state index contributed by atoms with van der Waals surface area (Å²) in [6.45, 7) is 6.92. The fraction of sp³-hybridized carbons (Fsp3) is 0.650. The summed E-state index contributed by atoms with van der Waals surface area (Å²) in [5.41, 5.74) is 1.12. The summed E-state index contributed by atoms with van der Waals surface area (Å²) in [6, 6.07) is 10.4. The van der Waals surface area contributed by atoms with Crippen LogP contribution in [0.25, 0.3) is 11.4 Å². The van der Waals surface area contributed by atoms with Gasteiger partial charge in [0.1, 0.15) is 0 Å². The van der Waals surface area contributed by atoms with Crippen molar-refractivity contribution in [2.75, 3.05) is 18.5 Å². The summed E-state index contributed by atoms with van der Waals surface area (Å²) in [6.07, 6.45) is 13.1. The van der Waals surface area contributed by atoms with E-state index < -0.39 is 7.26 Å². The zero-order valence-corrected chi connectivity index (χ0v) is 17.1. The predicted molar refractivity (Wildman–Crippen MR) is 109 cm³/mol. The maximum atomic E-state index is 4.38. The summed E-state index contributed by atoms with van der Waals surface area (Å²) in [4.78, 5) is 0. The quantitative estimate of drug-likeness (QED) is 0.454. The van der Waals surface area contributed by atoms with Gasteiger partial charge in [-0.2, -0.15) is 4.68 Å². The van der Waals surface area contributed by atoms with Crippen LogP contribution in [0.4, 0.5) is 0 Å². The third kappa shape index (κ3) is 5.88. The highest BCUT2D eigenvalue weighted by Gasteiger charge is 2.37. The molecule has 0 unspecified atom stereocenters. The lowest BCUT2D eigenvalue weighted by molar-refractivity contribution is 0.682. The van der Waals surface area contributed by atoms with Gasteiger partial charge in [0.15, 0.2) is 12.1 Å². The molecule has 138 valence electrons. The molecule has 0 fully saturated rings. The smallest absolute Gasteiger partial charge is 0.185 e. The van der Waals surface area contributed by atoms with Gasteiger partial charge in [0.2, 0.25) is 0 Å². The van der Waals surface area contributed by atoms with Gasteiger partial charge < -0.3 is 0 Å². The average Bonchev–Trinajstić information content (AvgIpc) is 3.11. The van der Waals surface area contributed by atoms with Gasteiger partial charge in [-0.25, -0.2) is 0 Å². The van der Waals surface area contributed by atoms with Gasteiger partial charge in [-0.3, -0.25) is 0 Å². The van der Waals surface area contributed by atoms with Crippen LogP contribution in [0.1, 0.15) is 59.3 Å². The summed E-state index contributed by atoms with van der Waals surface area (Å²) < 4.78 is 2.10. The number of tetrazole rings is 1. The molecule has 0 atom stereocenters. The zero-order chi connectivity index (χ0) is 18.0. The predicted octanol–water partition coefficient (Wildman–Crippen LogP) is 5.72. The highest BCUT2D eigenvalue weighted by atomic mass is 31.2. The first kappa shape index (κ1) is 20.0.